The van der Waals surface area contributed by atoms with Gasteiger partial charge in [0.15, 0.2) is 5.82 Å². The number of benzene rings is 1. The Morgan fingerprint density at radius 3 is 2.95 bits per heavy atom. The number of anilines is 1. The van der Waals surface area contributed by atoms with Crippen LogP contribution in [0.2, 0.25) is 0 Å². The first-order valence-corrected chi connectivity index (χ1v) is 7.03. The van der Waals surface area contributed by atoms with Crippen LogP contribution in [0.4, 0.5) is 5.69 Å². The van der Waals surface area contributed by atoms with Gasteiger partial charge in [0.2, 0.25) is 5.91 Å². The first-order chi connectivity index (χ1) is 9.69. The Morgan fingerprint density at radius 1 is 1.45 bits per heavy atom. The molecule has 1 atom stereocenters. The average Bonchev–Trinajstić information content (AvgIpc) is 3.05. The van der Waals surface area contributed by atoms with E-state index in [0.29, 0.717) is 18.8 Å². The highest BCUT2D eigenvalue weighted by atomic mass is 35.5. The van der Waals surface area contributed by atoms with Gasteiger partial charge in [-0.15, -0.1) is 21.8 Å². The van der Waals surface area contributed by atoms with Gasteiger partial charge in [-0.2, -0.15) is 0 Å². The molecule has 1 aromatic heterocycles. The van der Waals surface area contributed by atoms with Gasteiger partial charge in [0.1, 0.15) is 6.33 Å². The molecule has 0 aliphatic carbocycles. The fourth-order valence-corrected chi connectivity index (χ4v) is 2.70. The molecular formula is C14H15ClN4O. The van der Waals surface area contributed by atoms with Crippen molar-refractivity contribution in [2.24, 2.45) is 13.0 Å². The molecule has 1 unspecified atom stereocenters. The second-order valence-corrected chi connectivity index (χ2v) is 5.35. The molecule has 0 radical (unpaired) electrons. The van der Waals surface area contributed by atoms with Crippen LogP contribution in [0.5, 0.6) is 0 Å². The van der Waals surface area contributed by atoms with Crippen molar-refractivity contribution in [3.8, 4) is 11.4 Å². The summed E-state index contributed by atoms with van der Waals surface area (Å²) in [5.41, 5.74) is 1.84. The SMILES string of the molecule is Cn1cnnc1-c1cccc(N2CC(CCl)CC2=O)c1. The Hall–Kier alpha value is -1.88. The Morgan fingerprint density at radius 2 is 2.30 bits per heavy atom. The normalized spacial score (nSPS) is 18.8. The van der Waals surface area contributed by atoms with Gasteiger partial charge < -0.3 is 9.47 Å². The number of carbonyl (C=O) groups is 1. The molecule has 1 aliphatic rings. The molecule has 2 aromatic rings. The van der Waals surface area contributed by atoms with Crippen LogP contribution in [0.15, 0.2) is 30.6 Å². The lowest BCUT2D eigenvalue weighted by Crippen LogP contribution is -2.24. The van der Waals surface area contributed by atoms with Gasteiger partial charge in [-0.05, 0) is 18.1 Å². The third kappa shape index (κ3) is 2.29. The molecule has 1 amide bonds. The van der Waals surface area contributed by atoms with Crippen molar-refractivity contribution < 1.29 is 4.79 Å². The highest BCUT2D eigenvalue weighted by Crippen LogP contribution is 2.28. The lowest BCUT2D eigenvalue weighted by atomic mass is 10.1. The van der Waals surface area contributed by atoms with Crippen LogP contribution in [0.3, 0.4) is 0 Å². The van der Waals surface area contributed by atoms with Crippen LogP contribution >= 0.6 is 11.6 Å². The van der Waals surface area contributed by atoms with E-state index in [1.54, 1.807) is 11.2 Å². The van der Waals surface area contributed by atoms with Crippen molar-refractivity contribution in [2.75, 3.05) is 17.3 Å². The highest BCUT2D eigenvalue weighted by molar-refractivity contribution is 6.18. The number of carbonyl (C=O) groups excluding carboxylic acids is 1. The van der Waals surface area contributed by atoms with E-state index in [2.05, 4.69) is 10.2 Å². The van der Waals surface area contributed by atoms with Crippen LogP contribution in [-0.2, 0) is 11.8 Å². The van der Waals surface area contributed by atoms with E-state index in [9.17, 15) is 4.79 Å². The fraction of sp³-hybridized carbons (Fsp3) is 0.357. The molecule has 0 spiro atoms. The van der Waals surface area contributed by atoms with Crippen molar-refractivity contribution in [1.29, 1.82) is 0 Å². The summed E-state index contributed by atoms with van der Waals surface area (Å²) in [4.78, 5) is 13.8. The largest absolute Gasteiger partial charge is 0.317 e. The number of halogens is 1. The number of amides is 1. The van der Waals surface area contributed by atoms with E-state index in [4.69, 9.17) is 11.6 Å². The van der Waals surface area contributed by atoms with E-state index in [0.717, 1.165) is 17.1 Å². The summed E-state index contributed by atoms with van der Waals surface area (Å²) >= 11 is 5.86. The molecular weight excluding hydrogens is 276 g/mol. The first-order valence-electron chi connectivity index (χ1n) is 6.50. The number of hydrogen-bond acceptors (Lipinski definition) is 3. The standard InChI is InChI=1S/C14H15ClN4O/c1-18-9-16-17-14(18)11-3-2-4-12(6-11)19-8-10(7-15)5-13(19)20/h2-4,6,9-10H,5,7-8H2,1H3. The Kier molecular flexibility index (Phi) is 3.44. The van der Waals surface area contributed by atoms with Crippen molar-refractivity contribution in [3.63, 3.8) is 0 Å². The summed E-state index contributed by atoms with van der Waals surface area (Å²) in [5.74, 6) is 1.67. The first kappa shape index (κ1) is 13.1. The van der Waals surface area contributed by atoms with Crippen molar-refractivity contribution in [3.05, 3.63) is 30.6 Å². The third-order valence-corrected chi connectivity index (χ3v) is 3.99. The number of alkyl halides is 1. The van der Waals surface area contributed by atoms with E-state index >= 15 is 0 Å². The maximum atomic E-state index is 12.0. The summed E-state index contributed by atoms with van der Waals surface area (Å²) in [6.45, 7) is 0.685. The van der Waals surface area contributed by atoms with E-state index < -0.39 is 0 Å². The topological polar surface area (TPSA) is 51.0 Å². The smallest absolute Gasteiger partial charge is 0.227 e. The fourth-order valence-electron chi connectivity index (χ4n) is 2.49. The van der Waals surface area contributed by atoms with Gasteiger partial charge in [0, 0.05) is 37.1 Å². The molecule has 0 bridgehead atoms. The monoisotopic (exact) mass is 290 g/mol. The molecule has 1 saturated heterocycles. The van der Waals surface area contributed by atoms with Crippen LogP contribution in [0.25, 0.3) is 11.4 Å². The molecule has 2 heterocycles. The molecule has 104 valence electrons. The van der Waals surface area contributed by atoms with Crippen molar-refractivity contribution in [1.82, 2.24) is 14.8 Å². The zero-order chi connectivity index (χ0) is 14.1. The van der Waals surface area contributed by atoms with Crippen LogP contribution in [0.1, 0.15) is 6.42 Å². The Balaban J connectivity index is 1.92. The van der Waals surface area contributed by atoms with Gasteiger partial charge in [-0.25, -0.2) is 0 Å². The molecule has 0 saturated carbocycles. The maximum absolute atomic E-state index is 12.0. The lowest BCUT2D eigenvalue weighted by molar-refractivity contribution is -0.117. The van der Waals surface area contributed by atoms with Gasteiger partial charge in [0.05, 0.1) is 0 Å². The van der Waals surface area contributed by atoms with E-state index in [-0.39, 0.29) is 11.8 Å². The molecule has 3 rings (SSSR count). The van der Waals surface area contributed by atoms with E-state index in [1.807, 2.05) is 35.9 Å². The number of aryl methyl sites for hydroxylation is 1. The second-order valence-electron chi connectivity index (χ2n) is 5.04. The molecule has 20 heavy (non-hydrogen) atoms. The van der Waals surface area contributed by atoms with Gasteiger partial charge in [-0.3, -0.25) is 4.79 Å². The maximum Gasteiger partial charge on any atom is 0.227 e. The highest BCUT2D eigenvalue weighted by Gasteiger charge is 2.30. The number of nitrogens with zero attached hydrogens (tertiary/aromatic N) is 4. The minimum atomic E-state index is 0.130. The minimum absolute atomic E-state index is 0.130. The summed E-state index contributed by atoms with van der Waals surface area (Å²) in [6, 6.07) is 7.81. The summed E-state index contributed by atoms with van der Waals surface area (Å²) in [7, 11) is 1.90. The molecule has 0 N–H and O–H groups in total. The number of rotatable bonds is 3. The van der Waals surface area contributed by atoms with Crippen LogP contribution in [-0.4, -0.2) is 33.1 Å². The summed E-state index contributed by atoms with van der Waals surface area (Å²) in [5, 5.41) is 7.97. The quantitative estimate of drug-likeness (QED) is 0.813. The van der Waals surface area contributed by atoms with Gasteiger partial charge >= 0.3 is 0 Å². The predicted octanol–water partition coefficient (Wildman–Crippen LogP) is 2.07. The number of aromatic nitrogens is 3. The van der Waals surface area contributed by atoms with Gasteiger partial charge in [-0.1, -0.05) is 12.1 Å². The lowest BCUT2D eigenvalue weighted by Gasteiger charge is -2.17. The Labute approximate surface area is 122 Å². The van der Waals surface area contributed by atoms with Crippen molar-refractivity contribution >= 4 is 23.2 Å². The Bertz CT molecular complexity index is 640. The zero-order valence-corrected chi connectivity index (χ0v) is 11.9. The average molecular weight is 291 g/mol. The van der Waals surface area contributed by atoms with Crippen LogP contribution < -0.4 is 4.90 Å². The second kappa shape index (κ2) is 5.25. The molecule has 1 aliphatic heterocycles. The van der Waals surface area contributed by atoms with Crippen molar-refractivity contribution in [2.45, 2.75) is 6.42 Å². The minimum Gasteiger partial charge on any atom is -0.317 e. The summed E-state index contributed by atoms with van der Waals surface area (Å²) in [6.07, 6.45) is 2.18. The van der Waals surface area contributed by atoms with Crippen LogP contribution in [0, 0.1) is 5.92 Å². The van der Waals surface area contributed by atoms with E-state index in [1.165, 1.54) is 0 Å². The number of hydrogen-bond donors (Lipinski definition) is 0. The zero-order valence-electron chi connectivity index (χ0n) is 11.2. The third-order valence-electron chi connectivity index (χ3n) is 3.55. The molecule has 5 nitrogen and oxygen atoms in total. The van der Waals surface area contributed by atoms with Gasteiger partial charge in [0.25, 0.3) is 0 Å². The summed E-state index contributed by atoms with van der Waals surface area (Å²) < 4.78 is 1.85. The predicted molar refractivity (Wildman–Crippen MR) is 77.6 cm³/mol. The molecule has 1 aromatic carbocycles. The molecule has 1 fully saturated rings. The molecule has 6 heteroatoms.